The highest BCUT2D eigenvalue weighted by molar-refractivity contribution is 6.08. The van der Waals surface area contributed by atoms with E-state index in [9.17, 15) is 9.59 Å². The lowest BCUT2D eigenvalue weighted by Crippen LogP contribution is -2.09. The molecule has 0 atom stereocenters. The number of carboxylic acid groups (broad SMARTS) is 1. The van der Waals surface area contributed by atoms with Crippen molar-refractivity contribution in [1.82, 2.24) is 0 Å². The first-order chi connectivity index (χ1) is 8.99. The summed E-state index contributed by atoms with van der Waals surface area (Å²) in [7, 11) is 0. The van der Waals surface area contributed by atoms with E-state index in [4.69, 9.17) is 14.3 Å². The van der Waals surface area contributed by atoms with Crippen molar-refractivity contribution in [2.24, 2.45) is 5.92 Å². The standard InChI is InChI=1S/C14H14O5/c1-8(2)14(17)11-6-19-12-4-3-9(5-10(11)12)18-7-13(15)16/h3-6,8H,7H2,1-2H3,(H,15,16). The number of carboxylic acids is 1. The third kappa shape index (κ3) is 2.76. The minimum Gasteiger partial charge on any atom is -0.482 e. The molecule has 0 fully saturated rings. The molecule has 1 N–H and O–H groups in total. The number of furan rings is 1. The second kappa shape index (κ2) is 5.14. The van der Waals surface area contributed by atoms with Crippen LogP contribution in [0.5, 0.6) is 5.75 Å². The lowest BCUT2D eigenvalue weighted by Gasteiger charge is -2.04. The summed E-state index contributed by atoms with van der Waals surface area (Å²) in [6.45, 7) is 3.20. The van der Waals surface area contributed by atoms with Gasteiger partial charge in [-0.3, -0.25) is 4.79 Å². The first-order valence-corrected chi connectivity index (χ1v) is 5.89. The van der Waals surface area contributed by atoms with Crippen LogP contribution in [-0.2, 0) is 4.79 Å². The number of benzene rings is 1. The van der Waals surface area contributed by atoms with E-state index in [1.54, 1.807) is 18.2 Å². The number of ether oxygens (including phenoxy) is 1. The fourth-order valence-electron chi connectivity index (χ4n) is 1.74. The molecule has 0 aliphatic rings. The highest BCUT2D eigenvalue weighted by atomic mass is 16.5. The van der Waals surface area contributed by atoms with E-state index in [0.717, 1.165) is 0 Å². The number of hydrogen-bond acceptors (Lipinski definition) is 4. The van der Waals surface area contributed by atoms with Gasteiger partial charge in [0.2, 0.25) is 0 Å². The molecule has 2 rings (SSSR count). The number of rotatable bonds is 5. The molecule has 0 bridgehead atoms. The number of fused-ring (bicyclic) bond motifs is 1. The predicted molar refractivity (Wildman–Crippen MR) is 68.5 cm³/mol. The van der Waals surface area contributed by atoms with Crippen LogP contribution in [0.25, 0.3) is 11.0 Å². The van der Waals surface area contributed by atoms with Crippen LogP contribution < -0.4 is 4.74 Å². The highest BCUT2D eigenvalue weighted by Gasteiger charge is 2.17. The van der Waals surface area contributed by atoms with Gasteiger partial charge in [-0.05, 0) is 18.2 Å². The van der Waals surface area contributed by atoms with Crippen molar-refractivity contribution >= 4 is 22.7 Å². The number of Topliss-reactive ketones (excluding diaryl/α,β-unsaturated/α-hetero) is 1. The van der Waals surface area contributed by atoms with Crippen molar-refractivity contribution in [2.45, 2.75) is 13.8 Å². The zero-order valence-corrected chi connectivity index (χ0v) is 10.7. The highest BCUT2D eigenvalue weighted by Crippen LogP contribution is 2.27. The van der Waals surface area contributed by atoms with Crippen LogP contribution in [0.2, 0.25) is 0 Å². The molecule has 100 valence electrons. The molecule has 5 nitrogen and oxygen atoms in total. The van der Waals surface area contributed by atoms with Gasteiger partial charge in [-0.2, -0.15) is 0 Å². The van der Waals surface area contributed by atoms with Crippen molar-refractivity contribution in [3.05, 3.63) is 30.0 Å². The van der Waals surface area contributed by atoms with Gasteiger partial charge in [0.05, 0.1) is 5.56 Å². The summed E-state index contributed by atoms with van der Waals surface area (Å²) >= 11 is 0. The smallest absolute Gasteiger partial charge is 0.341 e. The first-order valence-electron chi connectivity index (χ1n) is 5.89. The molecule has 5 heteroatoms. The van der Waals surface area contributed by atoms with Crippen LogP contribution in [0, 0.1) is 5.92 Å². The van der Waals surface area contributed by atoms with Gasteiger partial charge in [-0.25, -0.2) is 4.79 Å². The molecule has 0 saturated heterocycles. The molecule has 0 spiro atoms. The molecule has 1 aromatic heterocycles. The molecular weight excluding hydrogens is 248 g/mol. The monoisotopic (exact) mass is 262 g/mol. The molecule has 0 amide bonds. The van der Waals surface area contributed by atoms with Gasteiger partial charge in [-0.15, -0.1) is 0 Å². The van der Waals surface area contributed by atoms with Crippen LogP contribution in [0.15, 0.2) is 28.9 Å². The third-order valence-corrected chi connectivity index (χ3v) is 2.70. The Labute approximate surface area is 109 Å². The average Bonchev–Trinajstić information content (AvgIpc) is 2.78. The Morgan fingerprint density at radius 2 is 2.11 bits per heavy atom. The summed E-state index contributed by atoms with van der Waals surface area (Å²) in [6, 6.07) is 4.89. The molecule has 1 heterocycles. The van der Waals surface area contributed by atoms with Crippen LogP contribution >= 0.6 is 0 Å². The molecule has 1 aromatic carbocycles. The zero-order valence-electron chi connectivity index (χ0n) is 10.7. The SMILES string of the molecule is CC(C)C(=O)c1coc2ccc(OCC(=O)O)cc12. The Balaban J connectivity index is 2.37. The Bertz CT molecular complexity index is 624. The average molecular weight is 262 g/mol. The van der Waals surface area contributed by atoms with Gasteiger partial charge in [0.15, 0.2) is 12.4 Å². The fraction of sp³-hybridized carbons (Fsp3) is 0.286. The number of carbonyl (C=O) groups is 2. The number of aliphatic carboxylic acids is 1. The maximum absolute atomic E-state index is 12.0. The maximum atomic E-state index is 12.0. The fourth-order valence-corrected chi connectivity index (χ4v) is 1.74. The molecule has 2 aromatic rings. The summed E-state index contributed by atoms with van der Waals surface area (Å²) in [6.07, 6.45) is 1.42. The van der Waals surface area contributed by atoms with E-state index in [1.165, 1.54) is 6.26 Å². The Morgan fingerprint density at radius 1 is 1.37 bits per heavy atom. The Morgan fingerprint density at radius 3 is 2.74 bits per heavy atom. The zero-order chi connectivity index (χ0) is 14.0. The first kappa shape index (κ1) is 13.1. The van der Waals surface area contributed by atoms with Crippen LogP contribution in [0.4, 0.5) is 0 Å². The van der Waals surface area contributed by atoms with Gasteiger partial charge in [0.25, 0.3) is 0 Å². The maximum Gasteiger partial charge on any atom is 0.341 e. The van der Waals surface area contributed by atoms with Gasteiger partial charge < -0.3 is 14.3 Å². The Kier molecular flexibility index (Phi) is 3.55. The normalized spacial score (nSPS) is 10.9. The minimum absolute atomic E-state index is 0.0193. The summed E-state index contributed by atoms with van der Waals surface area (Å²) in [4.78, 5) is 22.5. The van der Waals surface area contributed by atoms with Gasteiger partial charge >= 0.3 is 5.97 Å². The summed E-state index contributed by atoms with van der Waals surface area (Å²) in [5, 5.41) is 9.21. The van der Waals surface area contributed by atoms with Crippen LogP contribution in [0.1, 0.15) is 24.2 Å². The molecule has 0 aliphatic heterocycles. The Hall–Kier alpha value is -2.30. The van der Waals surface area contributed by atoms with Crippen molar-refractivity contribution in [3.8, 4) is 5.75 Å². The van der Waals surface area contributed by atoms with E-state index in [1.807, 2.05) is 13.8 Å². The van der Waals surface area contributed by atoms with Crippen LogP contribution in [0.3, 0.4) is 0 Å². The lowest BCUT2D eigenvalue weighted by atomic mass is 10.0. The van der Waals surface area contributed by atoms with Crippen molar-refractivity contribution in [2.75, 3.05) is 6.61 Å². The minimum atomic E-state index is -1.05. The number of ketones is 1. The molecule has 0 saturated carbocycles. The third-order valence-electron chi connectivity index (χ3n) is 2.70. The van der Waals surface area contributed by atoms with E-state index < -0.39 is 12.6 Å². The van der Waals surface area contributed by atoms with E-state index in [0.29, 0.717) is 22.3 Å². The summed E-state index contributed by atoms with van der Waals surface area (Å²) in [5.74, 6) is -0.807. The molecular formula is C14H14O5. The van der Waals surface area contributed by atoms with Gasteiger partial charge in [-0.1, -0.05) is 13.8 Å². The second-order valence-corrected chi connectivity index (χ2v) is 4.51. The number of carbonyl (C=O) groups excluding carboxylic acids is 1. The van der Waals surface area contributed by atoms with Crippen LogP contribution in [-0.4, -0.2) is 23.5 Å². The number of hydrogen-bond donors (Lipinski definition) is 1. The summed E-state index contributed by atoms with van der Waals surface area (Å²) in [5.41, 5.74) is 1.07. The lowest BCUT2D eigenvalue weighted by molar-refractivity contribution is -0.139. The predicted octanol–water partition coefficient (Wildman–Crippen LogP) is 2.73. The van der Waals surface area contributed by atoms with E-state index in [2.05, 4.69) is 0 Å². The van der Waals surface area contributed by atoms with Crippen molar-refractivity contribution < 1.29 is 23.8 Å². The topological polar surface area (TPSA) is 76.7 Å². The van der Waals surface area contributed by atoms with Crippen molar-refractivity contribution in [3.63, 3.8) is 0 Å². The quantitative estimate of drug-likeness (QED) is 0.838. The largest absolute Gasteiger partial charge is 0.482 e. The molecule has 0 aliphatic carbocycles. The van der Waals surface area contributed by atoms with Gasteiger partial charge in [0.1, 0.15) is 17.6 Å². The van der Waals surface area contributed by atoms with E-state index in [-0.39, 0.29) is 11.7 Å². The summed E-state index contributed by atoms with van der Waals surface area (Å²) < 4.78 is 10.4. The van der Waals surface area contributed by atoms with Gasteiger partial charge in [0, 0.05) is 11.3 Å². The second-order valence-electron chi connectivity index (χ2n) is 4.51. The molecule has 19 heavy (non-hydrogen) atoms. The molecule has 0 radical (unpaired) electrons. The van der Waals surface area contributed by atoms with Crippen molar-refractivity contribution in [1.29, 1.82) is 0 Å². The molecule has 0 unspecified atom stereocenters. The van der Waals surface area contributed by atoms with E-state index >= 15 is 0 Å².